The quantitative estimate of drug-likeness (QED) is 0.835. The lowest BCUT2D eigenvalue weighted by molar-refractivity contribution is 0.159. The normalized spacial score (nSPS) is 20.2. The van der Waals surface area contributed by atoms with Gasteiger partial charge in [0.25, 0.3) is 0 Å². The Morgan fingerprint density at radius 2 is 1.81 bits per heavy atom. The topological polar surface area (TPSA) is 35.5 Å². The largest absolute Gasteiger partial charge is 0.393 e. The summed E-state index contributed by atoms with van der Waals surface area (Å²) in [7, 11) is 0. The smallest absolute Gasteiger partial charge is 0.123 e. The van der Waals surface area contributed by atoms with Crippen LogP contribution in [0.15, 0.2) is 54.7 Å². The summed E-state index contributed by atoms with van der Waals surface area (Å²) >= 11 is 0. The maximum absolute atomic E-state index is 13.1. The van der Waals surface area contributed by atoms with Crippen LogP contribution in [-0.2, 0) is 12.8 Å². The molecule has 2 N–H and O–H groups in total. The maximum Gasteiger partial charge on any atom is 0.123 e. The minimum atomic E-state index is -0.243. The number of piperidine rings is 1. The zero-order valence-electron chi connectivity index (χ0n) is 15.6. The minimum Gasteiger partial charge on any atom is -0.393 e. The standard InChI is InChI=1S/C23H27FN2O/c1-16(25-23-4-2-3-18-5-10-21(27)15-22(18)23)17-11-13-26(14-12-17)20-8-6-19(24)7-9-20/h2-4,6-9,17,21,25,27H,1,5,10-15H2. The summed E-state index contributed by atoms with van der Waals surface area (Å²) in [4.78, 5) is 2.31. The molecular formula is C23H27FN2O. The molecule has 2 aliphatic rings. The van der Waals surface area contributed by atoms with E-state index in [4.69, 9.17) is 0 Å². The van der Waals surface area contributed by atoms with E-state index in [2.05, 4.69) is 35.0 Å². The number of rotatable bonds is 4. The van der Waals surface area contributed by atoms with Gasteiger partial charge in [-0.25, -0.2) is 4.39 Å². The number of aliphatic hydroxyl groups excluding tert-OH is 1. The first-order valence-corrected chi connectivity index (χ1v) is 9.85. The highest BCUT2D eigenvalue weighted by atomic mass is 19.1. The van der Waals surface area contributed by atoms with Gasteiger partial charge in [0.2, 0.25) is 0 Å². The van der Waals surface area contributed by atoms with Crippen molar-refractivity contribution in [3.63, 3.8) is 0 Å². The lowest BCUT2D eigenvalue weighted by atomic mass is 9.88. The number of aryl methyl sites for hydroxylation is 1. The molecule has 1 heterocycles. The average Bonchev–Trinajstić information content (AvgIpc) is 2.69. The second-order valence-corrected chi connectivity index (χ2v) is 7.73. The Morgan fingerprint density at radius 1 is 1.07 bits per heavy atom. The molecule has 0 saturated carbocycles. The van der Waals surface area contributed by atoms with Gasteiger partial charge in [-0.1, -0.05) is 18.7 Å². The number of nitrogens with one attached hydrogen (secondary N) is 1. The fourth-order valence-corrected chi connectivity index (χ4v) is 4.30. The molecule has 1 fully saturated rings. The van der Waals surface area contributed by atoms with Gasteiger partial charge in [0.05, 0.1) is 6.10 Å². The molecule has 1 aliphatic carbocycles. The van der Waals surface area contributed by atoms with Crippen LogP contribution in [-0.4, -0.2) is 24.3 Å². The molecular weight excluding hydrogens is 339 g/mol. The summed E-state index contributed by atoms with van der Waals surface area (Å²) in [6, 6.07) is 13.1. The van der Waals surface area contributed by atoms with Crippen molar-refractivity contribution in [2.45, 2.75) is 38.2 Å². The Balaban J connectivity index is 1.38. The SMILES string of the molecule is C=C(Nc1cccc2c1CC(O)CC2)C1CCN(c2ccc(F)cc2)CC1. The third-order valence-electron chi connectivity index (χ3n) is 5.93. The van der Waals surface area contributed by atoms with Crippen molar-refractivity contribution in [3.8, 4) is 0 Å². The number of fused-ring (bicyclic) bond motifs is 1. The van der Waals surface area contributed by atoms with E-state index in [-0.39, 0.29) is 11.9 Å². The van der Waals surface area contributed by atoms with Crippen molar-refractivity contribution >= 4 is 11.4 Å². The van der Waals surface area contributed by atoms with Crippen LogP contribution < -0.4 is 10.2 Å². The minimum absolute atomic E-state index is 0.192. The number of benzene rings is 2. The molecule has 0 bridgehead atoms. The third kappa shape index (κ3) is 4.01. The van der Waals surface area contributed by atoms with E-state index in [9.17, 15) is 9.50 Å². The first-order valence-electron chi connectivity index (χ1n) is 9.85. The van der Waals surface area contributed by atoms with E-state index in [0.717, 1.165) is 62.3 Å². The average molecular weight is 366 g/mol. The van der Waals surface area contributed by atoms with Crippen LogP contribution >= 0.6 is 0 Å². The van der Waals surface area contributed by atoms with E-state index in [1.165, 1.54) is 23.3 Å². The Morgan fingerprint density at radius 3 is 2.56 bits per heavy atom. The van der Waals surface area contributed by atoms with Crippen LogP contribution in [0.4, 0.5) is 15.8 Å². The van der Waals surface area contributed by atoms with Crippen LogP contribution in [0.3, 0.4) is 0 Å². The van der Waals surface area contributed by atoms with Gasteiger partial charge in [-0.3, -0.25) is 0 Å². The Labute approximate surface area is 160 Å². The first kappa shape index (κ1) is 18.1. The summed E-state index contributed by atoms with van der Waals surface area (Å²) in [6.45, 7) is 6.20. The molecule has 1 atom stereocenters. The fourth-order valence-electron chi connectivity index (χ4n) is 4.30. The molecule has 2 aromatic carbocycles. The van der Waals surface area contributed by atoms with Crippen LogP contribution in [0.5, 0.6) is 0 Å². The first-order chi connectivity index (χ1) is 13.1. The van der Waals surface area contributed by atoms with Crippen molar-refractivity contribution < 1.29 is 9.50 Å². The van der Waals surface area contributed by atoms with E-state index < -0.39 is 0 Å². The number of halogens is 1. The summed E-state index contributed by atoms with van der Waals surface area (Å²) in [5.74, 6) is 0.230. The molecule has 142 valence electrons. The molecule has 27 heavy (non-hydrogen) atoms. The molecule has 1 saturated heterocycles. The maximum atomic E-state index is 13.1. The predicted molar refractivity (Wildman–Crippen MR) is 109 cm³/mol. The van der Waals surface area contributed by atoms with Gasteiger partial charge < -0.3 is 15.3 Å². The molecule has 2 aromatic rings. The van der Waals surface area contributed by atoms with Crippen molar-refractivity contribution in [1.29, 1.82) is 0 Å². The summed E-state index contributed by atoms with van der Waals surface area (Å²) < 4.78 is 13.1. The van der Waals surface area contributed by atoms with Crippen LogP contribution in [0.1, 0.15) is 30.4 Å². The molecule has 4 heteroatoms. The molecule has 4 rings (SSSR count). The van der Waals surface area contributed by atoms with E-state index in [1.807, 2.05) is 12.1 Å². The Bertz CT molecular complexity index is 810. The van der Waals surface area contributed by atoms with E-state index in [0.29, 0.717) is 5.92 Å². The molecule has 1 unspecified atom stereocenters. The number of hydrogen-bond acceptors (Lipinski definition) is 3. The Hall–Kier alpha value is -2.33. The van der Waals surface area contributed by atoms with Crippen molar-refractivity contribution in [2.24, 2.45) is 5.92 Å². The molecule has 0 amide bonds. The molecule has 0 radical (unpaired) electrons. The van der Waals surface area contributed by atoms with Gasteiger partial charge >= 0.3 is 0 Å². The zero-order chi connectivity index (χ0) is 18.8. The second-order valence-electron chi connectivity index (χ2n) is 7.73. The zero-order valence-corrected chi connectivity index (χ0v) is 15.6. The number of anilines is 2. The van der Waals surface area contributed by atoms with Gasteiger partial charge in [-0.05, 0) is 67.1 Å². The monoisotopic (exact) mass is 366 g/mol. The third-order valence-corrected chi connectivity index (χ3v) is 5.93. The highest BCUT2D eigenvalue weighted by Gasteiger charge is 2.24. The van der Waals surface area contributed by atoms with Gasteiger partial charge in [-0.2, -0.15) is 0 Å². The number of nitrogens with zero attached hydrogens (tertiary/aromatic N) is 1. The second kappa shape index (κ2) is 7.73. The molecule has 3 nitrogen and oxygen atoms in total. The molecule has 0 spiro atoms. The number of aliphatic hydroxyl groups is 1. The van der Waals surface area contributed by atoms with E-state index in [1.54, 1.807) is 0 Å². The highest BCUT2D eigenvalue weighted by Crippen LogP contribution is 2.32. The van der Waals surface area contributed by atoms with Gasteiger partial charge in [0.15, 0.2) is 0 Å². The predicted octanol–water partition coefficient (Wildman–Crippen LogP) is 4.52. The lowest BCUT2D eigenvalue weighted by Gasteiger charge is -2.35. The lowest BCUT2D eigenvalue weighted by Crippen LogP contribution is -2.35. The number of allylic oxidation sites excluding steroid dienone is 1. The van der Waals surface area contributed by atoms with Crippen LogP contribution in [0.2, 0.25) is 0 Å². The molecule has 1 aliphatic heterocycles. The highest BCUT2D eigenvalue weighted by molar-refractivity contribution is 5.59. The van der Waals surface area contributed by atoms with Crippen molar-refractivity contribution in [3.05, 3.63) is 71.7 Å². The van der Waals surface area contributed by atoms with Crippen LogP contribution in [0, 0.1) is 11.7 Å². The fraction of sp³-hybridized carbons (Fsp3) is 0.391. The summed E-state index contributed by atoms with van der Waals surface area (Å²) in [5, 5.41) is 13.6. The van der Waals surface area contributed by atoms with Crippen molar-refractivity contribution in [2.75, 3.05) is 23.3 Å². The van der Waals surface area contributed by atoms with Gasteiger partial charge in [0, 0.05) is 42.5 Å². The molecule has 0 aromatic heterocycles. The van der Waals surface area contributed by atoms with E-state index >= 15 is 0 Å². The van der Waals surface area contributed by atoms with Crippen molar-refractivity contribution in [1.82, 2.24) is 0 Å². The summed E-state index contributed by atoms with van der Waals surface area (Å²) in [6.07, 6.45) is 4.32. The van der Waals surface area contributed by atoms with Crippen LogP contribution in [0.25, 0.3) is 0 Å². The van der Waals surface area contributed by atoms with Gasteiger partial charge in [0.1, 0.15) is 5.82 Å². The number of hydrogen-bond donors (Lipinski definition) is 2. The van der Waals surface area contributed by atoms with Gasteiger partial charge in [-0.15, -0.1) is 0 Å². The summed E-state index contributed by atoms with van der Waals surface area (Å²) in [5.41, 5.74) is 5.81. The Kier molecular flexibility index (Phi) is 5.17.